The van der Waals surface area contributed by atoms with Gasteiger partial charge in [-0.2, -0.15) is 4.98 Å². The number of nitrogens with zero attached hydrogens (tertiary/aromatic N) is 3. The summed E-state index contributed by atoms with van der Waals surface area (Å²) in [5, 5.41) is 6.65. The van der Waals surface area contributed by atoms with Crippen LogP contribution in [0.15, 0.2) is 30.5 Å². The second-order valence-electron chi connectivity index (χ2n) is 7.01. The molecular weight excluding hydrogens is 354 g/mol. The molecule has 1 amide bonds. The Kier molecular flexibility index (Phi) is 7.06. The third-order valence-electron chi connectivity index (χ3n) is 4.90. The van der Waals surface area contributed by atoms with Gasteiger partial charge in [0.2, 0.25) is 11.9 Å². The zero-order valence-corrected chi connectivity index (χ0v) is 16.7. The van der Waals surface area contributed by atoms with E-state index in [0.717, 1.165) is 62.6 Å². The lowest BCUT2D eigenvalue weighted by molar-refractivity contribution is -0.127. The topological polar surface area (TPSA) is 79.4 Å². The van der Waals surface area contributed by atoms with Crippen LogP contribution in [0.3, 0.4) is 0 Å². The summed E-state index contributed by atoms with van der Waals surface area (Å²) in [7, 11) is 1.67. The summed E-state index contributed by atoms with van der Waals surface area (Å²) >= 11 is 0. The molecule has 0 bridgehead atoms. The summed E-state index contributed by atoms with van der Waals surface area (Å²) < 4.78 is 5.19. The highest BCUT2D eigenvalue weighted by Gasteiger charge is 2.18. The van der Waals surface area contributed by atoms with E-state index < -0.39 is 0 Å². The Bertz CT molecular complexity index is 779. The minimum atomic E-state index is 0.273. The number of carbonyl (C=O) groups excluding carboxylic acids is 1. The van der Waals surface area contributed by atoms with E-state index in [1.807, 2.05) is 30.2 Å². The summed E-state index contributed by atoms with van der Waals surface area (Å²) in [6.45, 7) is 5.23. The van der Waals surface area contributed by atoms with Gasteiger partial charge in [0, 0.05) is 44.4 Å². The second kappa shape index (κ2) is 9.92. The third-order valence-corrected chi connectivity index (χ3v) is 4.90. The summed E-state index contributed by atoms with van der Waals surface area (Å²) in [5.41, 5.74) is 2.26. The molecule has 1 aliphatic rings. The molecule has 0 radical (unpaired) electrons. The van der Waals surface area contributed by atoms with Gasteiger partial charge in [0.1, 0.15) is 11.6 Å². The number of aryl methyl sites for hydroxylation is 1. The lowest BCUT2D eigenvalue weighted by atomic mass is 10.1. The van der Waals surface area contributed by atoms with Crippen LogP contribution in [0.4, 0.5) is 11.8 Å². The number of hydrogen-bond acceptors (Lipinski definition) is 6. The van der Waals surface area contributed by atoms with Crippen LogP contribution in [0.25, 0.3) is 0 Å². The van der Waals surface area contributed by atoms with E-state index in [0.29, 0.717) is 12.4 Å². The average molecular weight is 383 g/mol. The zero-order valence-electron chi connectivity index (χ0n) is 16.7. The average Bonchev–Trinajstić information content (AvgIpc) is 3.12. The Balaban J connectivity index is 1.43. The van der Waals surface area contributed by atoms with Gasteiger partial charge in [-0.25, -0.2) is 4.98 Å². The van der Waals surface area contributed by atoms with Gasteiger partial charge in [0.15, 0.2) is 0 Å². The lowest BCUT2D eigenvalue weighted by Gasteiger charge is -2.15. The quantitative estimate of drug-likeness (QED) is 0.614. The molecule has 0 atom stereocenters. The van der Waals surface area contributed by atoms with Crippen LogP contribution in [-0.2, 0) is 11.2 Å². The van der Waals surface area contributed by atoms with Crippen molar-refractivity contribution in [3.05, 3.63) is 41.6 Å². The van der Waals surface area contributed by atoms with Gasteiger partial charge in [-0.1, -0.05) is 12.1 Å². The van der Waals surface area contributed by atoms with Crippen molar-refractivity contribution in [2.45, 2.75) is 32.6 Å². The fourth-order valence-electron chi connectivity index (χ4n) is 3.23. The van der Waals surface area contributed by atoms with Gasteiger partial charge in [-0.15, -0.1) is 0 Å². The molecule has 7 heteroatoms. The van der Waals surface area contributed by atoms with Crippen molar-refractivity contribution in [3.8, 4) is 5.75 Å². The Hall–Kier alpha value is -2.83. The first-order valence-electron chi connectivity index (χ1n) is 9.88. The van der Waals surface area contributed by atoms with Crippen molar-refractivity contribution in [2.75, 3.05) is 43.9 Å². The monoisotopic (exact) mass is 383 g/mol. The Morgan fingerprint density at radius 2 is 2.00 bits per heavy atom. The largest absolute Gasteiger partial charge is 0.497 e. The maximum absolute atomic E-state index is 11.6. The molecule has 3 rings (SSSR count). The molecule has 2 N–H and O–H groups in total. The van der Waals surface area contributed by atoms with Crippen LogP contribution in [-0.4, -0.2) is 54.1 Å². The van der Waals surface area contributed by atoms with Crippen molar-refractivity contribution < 1.29 is 9.53 Å². The van der Waals surface area contributed by atoms with E-state index in [4.69, 9.17) is 4.74 Å². The second-order valence-corrected chi connectivity index (χ2v) is 7.01. The fourth-order valence-corrected chi connectivity index (χ4v) is 3.23. The maximum atomic E-state index is 11.6. The Labute approximate surface area is 166 Å². The highest BCUT2D eigenvalue weighted by atomic mass is 16.5. The molecule has 0 aliphatic carbocycles. The van der Waals surface area contributed by atoms with E-state index >= 15 is 0 Å². The van der Waals surface area contributed by atoms with E-state index in [9.17, 15) is 4.79 Å². The molecule has 1 saturated heterocycles. The maximum Gasteiger partial charge on any atom is 0.224 e. The molecular formula is C21H29N5O2. The molecule has 1 aromatic heterocycles. The molecule has 28 heavy (non-hydrogen) atoms. The number of likely N-dealkylation sites (tertiary alicyclic amines) is 1. The molecule has 1 aliphatic heterocycles. The van der Waals surface area contributed by atoms with Gasteiger partial charge in [0.25, 0.3) is 0 Å². The van der Waals surface area contributed by atoms with E-state index in [-0.39, 0.29) is 5.91 Å². The summed E-state index contributed by atoms with van der Waals surface area (Å²) in [4.78, 5) is 22.5. The van der Waals surface area contributed by atoms with Crippen molar-refractivity contribution in [1.82, 2.24) is 14.9 Å². The minimum Gasteiger partial charge on any atom is -0.497 e. The van der Waals surface area contributed by atoms with Gasteiger partial charge in [0.05, 0.1) is 7.11 Å². The number of nitrogens with one attached hydrogen (secondary N) is 2. The first kappa shape index (κ1) is 19.9. The van der Waals surface area contributed by atoms with E-state index in [1.54, 1.807) is 7.11 Å². The van der Waals surface area contributed by atoms with Gasteiger partial charge in [-0.05, 0) is 43.9 Å². The summed E-state index contributed by atoms with van der Waals surface area (Å²) in [6.07, 6.45) is 5.30. The van der Waals surface area contributed by atoms with E-state index in [1.165, 1.54) is 5.56 Å². The number of anilines is 2. The Morgan fingerprint density at radius 3 is 2.71 bits per heavy atom. The molecule has 2 heterocycles. The number of carbonyl (C=O) groups is 1. The SMILES string of the molecule is COc1ccc(CCNc2nc(NCCCN3CCCC3=O)ncc2C)cc1. The molecule has 1 fully saturated rings. The lowest BCUT2D eigenvalue weighted by Crippen LogP contribution is -2.27. The fraction of sp³-hybridized carbons (Fsp3) is 0.476. The highest BCUT2D eigenvalue weighted by Crippen LogP contribution is 2.15. The minimum absolute atomic E-state index is 0.273. The van der Waals surface area contributed by atoms with Crippen molar-refractivity contribution in [1.29, 1.82) is 0 Å². The van der Waals surface area contributed by atoms with Crippen LogP contribution in [0.1, 0.15) is 30.4 Å². The predicted octanol–water partition coefficient (Wildman–Crippen LogP) is 2.87. The van der Waals surface area contributed by atoms with Crippen LogP contribution >= 0.6 is 0 Å². The van der Waals surface area contributed by atoms with E-state index in [2.05, 4.69) is 32.7 Å². The molecule has 2 aromatic rings. The molecule has 150 valence electrons. The van der Waals surface area contributed by atoms with Crippen molar-refractivity contribution in [2.24, 2.45) is 0 Å². The number of benzene rings is 1. The standard InChI is InChI=1S/C21H29N5O2/c1-16-15-24-21(23-11-4-14-26-13-3-5-19(26)27)25-20(16)22-12-10-17-6-8-18(28-2)9-7-17/h6-9,15H,3-5,10-14H2,1-2H3,(H2,22,23,24,25). The van der Waals surface area contributed by atoms with Crippen LogP contribution in [0.2, 0.25) is 0 Å². The first-order valence-corrected chi connectivity index (χ1v) is 9.88. The highest BCUT2D eigenvalue weighted by molar-refractivity contribution is 5.78. The summed E-state index contributed by atoms with van der Waals surface area (Å²) in [6, 6.07) is 8.10. The van der Waals surface area contributed by atoms with Crippen molar-refractivity contribution in [3.63, 3.8) is 0 Å². The number of amides is 1. The molecule has 0 saturated carbocycles. The number of ether oxygens (including phenoxy) is 1. The number of hydrogen-bond donors (Lipinski definition) is 2. The van der Waals surface area contributed by atoms with Crippen LogP contribution in [0.5, 0.6) is 5.75 Å². The van der Waals surface area contributed by atoms with Crippen LogP contribution in [0, 0.1) is 6.92 Å². The number of methoxy groups -OCH3 is 1. The summed E-state index contributed by atoms with van der Waals surface area (Å²) in [5.74, 6) is 2.61. The van der Waals surface area contributed by atoms with Gasteiger partial charge in [-0.3, -0.25) is 4.79 Å². The Morgan fingerprint density at radius 1 is 1.18 bits per heavy atom. The smallest absolute Gasteiger partial charge is 0.224 e. The number of aromatic nitrogens is 2. The first-order chi connectivity index (χ1) is 13.7. The third kappa shape index (κ3) is 5.58. The number of rotatable bonds is 10. The zero-order chi connectivity index (χ0) is 19.8. The normalized spacial score (nSPS) is 13.6. The van der Waals surface area contributed by atoms with Crippen molar-refractivity contribution >= 4 is 17.7 Å². The molecule has 0 spiro atoms. The molecule has 0 unspecified atom stereocenters. The predicted molar refractivity (Wildman–Crippen MR) is 111 cm³/mol. The van der Waals surface area contributed by atoms with Gasteiger partial charge >= 0.3 is 0 Å². The molecule has 7 nitrogen and oxygen atoms in total. The van der Waals surface area contributed by atoms with Gasteiger partial charge < -0.3 is 20.3 Å². The molecule has 1 aromatic carbocycles. The van der Waals surface area contributed by atoms with Crippen LogP contribution < -0.4 is 15.4 Å².